The summed E-state index contributed by atoms with van der Waals surface area (Å²) >= 11 is 0. The molecule has 2 rings (SSSR count). The van der Waals surface area contributed by atoms with Gasteiger partial charge in [0.25, 0.3) is 0 Å². The maximum Gasteiger partial charge on any atom is 0.307 e. The van der Waals surface area contributed by atoms with Crippen molar-refractivity contribution in [1.82, 2.24) is 5.32 Å². The fourth-order valence-corrected chi connectivity index (χ4v) is 4.23. The molecule has 0 amide bonds. The summed E-state index contributed by atoms with van der Waals surface area (Å²) in [6, 6.07) is 0.307. The average molecular weight is 297 g/mol. The molecular weight excluding hydrogens is 266 g/mol. The van der Waals surface area contributed by atoms with Gasteiger partial charge < -0.3 is 15.5 Å². The van der Waals surface area contributed by atoms with Crippen LogP contribution in [-0.4, -0.2) is 34.4 Å². The highest BCUT2D eigenvalue weighted by atomic mass is 16.4. The summed E-state index contributed by atoms with van der Waals surface area (Å²) in [5.74, 6) is -0.640. The predicted octanol–water partition coefficient (Wildman–Crippen LogP) is 2.80. The lowest BCUT2D eigenvalue weighted by atomic mass is 9.61. The number of carbonyl (C=O) groups is 1. The predicted molar refractivity (Wildman–Crippen MR) is 83.1 cm³/mol. The van der Waals surface area contributed by atoms with E-state index in [2.05, 4.69) is 26.1 Å². The standard InChI is InChI=1S/C17H31NO3/c1-12-14(8-7-13(15(19)20)16(12,2)3)18-11-17(21)9-5-4-6-10-17/h12-14,18,21H,4-11H2,1-3H3,(H,19,20). The maximum atomic E-state index is 11.4. The summed E-state index contributed by atoms with van der Waals surface area (Å²) < 4.78 is 0. The molecule has 0 aromatic heterocycles. The summed E-state index contributed by atoms with van der Waals surface area (Å²) in [7, 11) is 0. The van der Waals surface area contributed by atoms with Crippen molar-refractivity contribution in [2.45, 2.75) is 77.4 Å². The molecule has 0 aliphatic heterocycles. The van der Waals surface area contributed by atoms with Gasteiger partial charge in [-0.05, 0) is 37.0 Å². The van der Waals surface area contributed by atoms with Crippen LogP contribution in [-0.2, 0) is 4.79 Å². The molecule has 0 bridgehead atoms. The second-order valence-corrected chi connectivity index (χ2v) is 7.85. The Bertz CT molecular complexity index is 374. The summed E-state index contributed by atoms with van der Waals surface area (Å²) in [6.07, 6.45) is 6.86. The van der Waals surface area contributed by atoms with E-state index in [1.54, 1.807) is 0 Å². The number of carboxylic acid groups (broad SMARTS) is 1. The quantitative estimate of drug-likeness (QED) is 0.746. The molecule has 3 unspecified atom stereocenters. The third-order valence-corrected chi connectivity index (χ3v) is 6.22. The first-order valence-corrected chi connectivity index (χ1v) is 8.45. The molecule has 4 nitrogen and oxygen atoms in total. The molecule has 2 fully saturated rings. The van der Waals surface area contributed by atoms with Gasteiger partial charge in [0.2, 0.25) is 0 Å². The third-order valence-electron chi connectivity index (χ3n) is 6.22. The van der Waals surface area contributed by atoms with Crippen molar-refractivity contribution >= 4 is 5.97 Å². The summed E-state index contributed by atoms with van der Waals surface area (Å²) in [6.45, 7) is 6.94. The van der Waals surface area contributed by atoms with E-state index < -0.39 is 11.6 Å². The summed E-state index contributed by atoms with van der Waals surface area (Å²) in [4.78, 5) is 11.4. The van der Waals surface area contributed by atoms with E-state index in [0.29, 0.717) is 18.5 Å². The average Bonchev–Trinajstić information content (AvgIpc) is 2.41. The van der Waals surface area contributed by atoms with Crippen LogP contribution >= 0.6 is 0 Å². The fraction of sp³-hybridized carbons (Fsp3) is 0.941. The zero-order valence-corrected chi connectivity index (χ0v) is 13.7. The SMILES string of the molecule is CC1C(NCC2(O)CCCCC2)CCC(C(=O)O)C1(C)C. The van der Waals surface area contributed by atoms with Crippen molar-refractivity contribution in [1.29, 1.82) is 0 Å². The van der Waals surface area contributed by atoms with Crippen LogP contribution in [0.1, 0.15) is 65.7 Å². The van der Waals surface area contributed by atoms with E-state index in [1.807, 2.05) is 0 Å². The van der Waals surface area contributed by atoms with Crippen molar-refractivity contribution in [3.05, 3.63) is 0 Å². The van der Waals surface area contributed by atoms with E-state index in [9.17, 15) is 15.0 Å². The minimum atomic E-state index is -0.670. The normalized spacial score (nSPS) is 35.3. The Labute approximate surface area is 128 Å². The van der Waals surface area contributed by atoms with Gasteiger partial charge in [-0.25, -0.2) is 0 Å². The second-order valence-electron chi connectivity index (χ2n) is 7.85. The minimum Gasteiger partial charge on any atom is -0.481 e. The molecule has 3 N–H and O–H groups in total. The Balaban J connectivity index is 1.94. The molecule has 122 valence electrons. The van der Waals surface area contributed by atoms with Crippen LogP contribution < -0.4 is 5.32 Å². The molecule has 2 aliphatic rings. The zero-order chi connectivity index (χ0) is 15.7. The van der Waals surface area contributed by atoms with Crippen molar-refractivity contribution in [3.8, 4) is 0 Å². The largest absolute Gasteiger partial charge is 0.481 e. The Hall–Kier alpha value is -0.610. The first kappa shape index (κ1) is 16.8. The third kappa shape index (κ3) is 3.59. The van der Waals surface area contributed by atoms with Gasteiger partial charge in [-0.3, -0.25) is 4.79 Å². The number of rotatable bonds is 4. The molecule has 3 atom stereocenters. The number of carboxylic acids is 1. The van der Waals surface area contributed by atoms with Crippen LogP contribution in [0.25, 0.3) is 0 Å². The second kappa shape index (κ2) is 6.25. The maximum absolute atomic E-state index is 11.4. The number of aliphatic carboxylic acids is 1. The van der Waals surface area contributed by atoms with Gasteiger partial charge in [0.15, 0.2) is 0 Å². The van der Waals surface area contributed by atoms with Crippen LogP contribution in [0.5, 0.6) is 0 Å². The zero-order valence-electron chi connectivity index (χ0n) is 13.7. The highest BCUT2D eigenvalue weighted by molar-refractivity contribution is 5.71. The molecule has 0 aromatic carbocycles. The van der Waals surface area contributed by atoms with E-state index in [4.69, 9.17) is 0 Å². The molecule has 2 saturated carbocycles. The summed E-state index contributed by atoms with van der Waals surface area (Å²) in [5.41, 5.74) is -0.761. The lowest BCUT2D eigenvalue weighted by Crippen LogP contribution is -2.54. The topological polar surface area (TPSA) is 69.6 Å². The van der Waals surface area contributed by atoms with Gasteiger partial charge in [0, 0.05) is 12.6 Å². The van der Waals surface area contributed by atoms with Gasteiger partial charge in [-0.15, -0.1) is 0 Å². The van der Waals surface area contributed by atoms with Crippen LogP contribution in [0, 0.1) is 17.3 Å². The molecular formula is C17H31NO3. The Morgan fingerprint density at radius 2 is 1.81 bits per heavy atom. The molecule has 0 heterocycles. The van der Waals surface area contributed by atoms with Gasteiger partial charge in [-0.1, -0.05) is 40.0 Å². The van der Waals surface area contributed by atoms with E-state index in [1.165, 1.54) is 6.42 Å². The molecule has 0 aromatic rings. The molecule has 0 radical (unpaired) electrons. The van der Waals surface area contributed by atoms with Crippen LogP contribution in [0.4, 0.5) is 0 Å². The first-order valence-electron chi connectivity index (χ1n) is 8.45. The van der Waals surface area contributed by atoms with Crippen LogP contribution in [0.15, 0.2) is 0 Å². The number of hydrogen-bond acceptors (Lipinski definition) is 3. The molecule has 21 heavy (non-hydrogen) atoms. The molecule has 0 spiro atoms. The molecule has 2 aliphatic carbocycles. The molecule has 0 saturated heterocycles. The fourth-order valence-electron chi connectivity index (χ4n) is 4.23. The monoisotopic (exact) mass is 297 g/mol. The van der Waals surface area contributed by atoms with Crippen LogP contribution in [0.3, 0.4) is 0 Å². The smallest absolute Gasteiger partial charge is 0.307 e. The van der Waals surface area contributed by atoms with Gasteiger partial charge in [0.1, 0.15) is 0 Å². The highest BCUT2D eigenvalue weighted by Crippen LogP contribution is 2.45. The van der Waals surface area contributed by atoms with Crippen molar-refractivity contribution in [2.24, 2.45) is 17.3 Å². The minimum absolute atomic E-state index is 0.211. The first-order chi connectivity index (χ1) is 9.76. The van der Waals surface area contributed by atoms with Gasteiger partial charge in [-0.2, -0.15) is 0 Å². The Morgan fingerprint density at radius 1 is 1.19 bits per heavy atom. The Kier molecular flexibility index (Phi) is 4.99. The number of aliphatic hydroxyl groups is 1. The Morgan fingerprint density at radius 3 is 2.38 bits per heavy atom. The lowest BCUT2D eigenvalue weighted by Gasteiger charge is -2.47. The van der Waals surface area contributed by atoms with Crippen LogP contribution in [0.2, 0.25) is 0 Å². The lowest BCUT2D eigenvalue weighted by molar-refractivity contribution is -0.150. The summed E-state index contributed by atoms with van der Waals surface area (Å²) in [5, 5.41) is 23.5. The van der Waals surface area contributed by atoms with Gasteiger partial charge in [0.05, 0.1) is 11.5 Å². The van der Waals surface area contributed by atoms with E-state index in [-0.39, 0.29) is 11.3 Å². The molecule has 4 heteroatoms. The number of hydrogen-bond donors (Lipinski definition) is 3. The van der Waals surface area contributed by atoms with Crippen molar-refractivity contribution < 1.29 is 15.0 Å². The van der Waals surface area contributed by atoms with Gasteiger partial charge >= 0.3 is 5.97 Å². The van der Waals surface area contributed by atoms with E-state index >= 15 is 0 Å². The highest BCUT2D eigenvalue weighted by Gasteiger charge is 2.46. The van der Waals surface area contributed by atoms with Crippen molar-refractivity contribution in [3.63, 3.8) is 0 Å². The van der Waals surface area contributed by atoms with Crippen molar-refractivity contribution in [2.75, 3.05) is 6.54 Å². The van der Waals surface area contributed by atoms with E-state index in [0.717, 1.165) is 38.5 Å². The number of nitrogens with one attached hydrogen (secondary N) is 1.